The van der Waals surface area contributed by atoms with Gasteiger partial charge in [0.05, 0.1) is 0 Å². The third-order valence-corrected chi connectivity index (χ3v) is 3.31. The zero-order valence-electron chi connectivity index (χ0n) is 4.94. The summed E-state index contributed by atoms with van der Waals surface area (Å²) in [5.74, 6) is 0. The van der Waals surface area contributed by atoms with Gasteiger partial charge in [-0.25, -0.2) is 0 Å². The topological polar surface area (TPSA) is 0 Å². The molecule has 0 aromatic carbocycles. The fourth-order valence-electron chi connectivity index (χ4n) is 0.188. The Morgan fingerprint density at radius 3 is 1.86 bits per heavy atom. The number of alkyl halides is 1. The Hall–Kier alpha value is 0.830. The second-order valence-corrected chi connectivity index (χ2v) is 4.28. The molecule has 0 rings (SSSR count). The molecule has 0 spiro atoms. The second-order valence-electron chi connectivity index (χ2n) is 1.62. The molecule has 0 nitrogen and oxygen atoms in total. The van der Waals surface area contributed by atoms with Gasteiger partial charge in [-0.05, 0) is 6.26 Å². The van der Waals surface area contributed by atoms with Crippen molar-refractivity contribution in [1.29, 1.82) is 0 Å². The molecule has 2 atom stereocenters. The van der Waals surface area contributed by atoms with Crippen molar-refractivity contribution in [1.82, 2.24) is 0 Å². The smallest absolute Gasteiger partial charge is 0.0233 e. The van der Waals surface area contributed by atoms with Crippen LogP contribution in [0, 0.1) is 0 Å². The van der Waals surface area contributed by atoms with E-state index in [0.717, 1.165) is 5.25 Å². The molecule has 0 heterocycles. The summed E-state index contributed by atoms with van der Waals surface area (Å²) in [6.45, 7) is 4.38. The molecular formula is C5H11BrS. The minimum absolute atomic E-state index is 0.641. The summed E-state index contributed by atoms with van der Waals surface area (Å²) in [6.07, 6.45) is 2.13. The lowest BCUT2D eigenvalue weighted by Gasteiger charge is -2.08. The minimum Gasteiger partial charge on any atom is -0.161 e. The van der Waals surface area contributed by atoms with E-state index in [4.69, 9.17) is 0 Å². The van der Waals surface area contributed by atoms with E-state index in [-0.39, 0.29) is 0 Å². The van der Waals surface area contributed by atoms with Crippen LogP contribution in [0.4, 0.5) is 0 Å². The quantitative estimate of drug-likeness (QED) is 0.592. The van der Waals surface area contributed by atoms with Crippen LogP contribution in [0.2, 0.25) is 0 Å². The molecule has 0 aliphatic carbocycles. The molecule has 7 heavy (non-hydrogen) atoms. The standard InChI is InChI=1S/C5H11BrS/c1-4(6)5(2)7-3/h4-5H,1-3H3/t4-,5-/m1/s1. The molecule has 0 unspecified atom stereocenters. The molecule has 0 fully saturated rings. The lowest BCUT2D eigenvalue weighted by atomic mass is 10.4. The van der Waals surface area contributed by atoms with Crippen molar-refractivity contribution in [2.45, 2.75) is 23.9 Å². The monoisotopic (exact) mass is 182 g/mol. The van der Waals surface area contributed by atoms with Gasteiger partial charge in [0.15, 0.2) is 0 Å². The lowest BCUT2D eigenvalue weighted by molar-refractivity contribution is 0.945. The number of hydrogen-bond acceptors (Lipinski definition) is 1. The molecule has 44 valence electrons. The van der Waals surface area contributed by atoms with Gasteiger partial charge < -0.3 is 0 Å². The number of halogens is 1. The van der Waals surface area contributed by atoms with Gasteiger partial charge in [0.1, 0.15) is 0 Å². The average molecular weight is 183 g/mol. The highest BCUT2D eigenvalue weighted by molar-refractivity contribution is 9.09. The van der Waals surface area contributed by atoms with Crippen molar-refractivity contribution < 1.29 is 0 Å². The maximum absolute atomic E-state index is 3.48. The first-order chi connectivity index (χ1) is 3.18. The van der Waals surface area contributed by atoms with Gasteiger partial charge in [0, 0.05) is 10.1 Å². The molecule has 0 saturated carbocycles. The molecule has 0 amide bonds. The van der Waals surface area contributed by atoms with Crippen molar-refractivity contribution >= 4 is 27.7 Å². The molecule has 0 bridgehead atoms. The normalized spacial score (nSPS) is 18.9. The van der Waals surface area contributed by atoms with E-state index in [0.29, 0.717) is 4.83 Å². The van der Waals surface area contributed by atoms with E-state index in [1.807, 2.05) is 11.8 Å². The molecule has 0 aliphatic heterocycles. The van der Waals surface area contributed by atoms with Gasteiger partial charge in [-0.15, -0.1) is 0 Å². The van der Waals surface area contributed by atoms with E-state index in [9.17, 15) is 0 Å². The summed E-state index contributed by atoms with van der Waals surface area (Å²) in [5.41, 5.74) is 0. The number of hydrogen-bond donors (Lipinski definition) is 0. The van der Waals surface area contributed by atoms with Crippen LogP contribution in [0.1, 0.15) is 13.8 Å². The Kier molecular flexibility index (Phi) is 4.24. The highest BCUT2D eigenvalue weighted by Gasteiger charge is 2.03. The lowest BCUT2D eigenvalue weighted by Crippen LogP contribution is -2.06. The van der Waals surface area contributed by atoms with Crippen LogP contribution in [0.25, 0.3) is 0 Å². The summed E-state index contributed by atoms with van der Waals surface area (Å²) >= 11 is 5.37. The maximum Gasteiger partial charge on any atom is 0.0233 e. The minimum atomic E-state index is 0.641. The zero-order valence-corrected chi connectivity index (χ0v) is 7.34. The first-order valence-corrected chi connectivity index (χ1v) is 4.55. The molecule has 0 N–H and O–H groups in total. The summed E-state index contributed by atoms with van der Waals surface area (Å²) in [7, 11) is 0. The van der Waals surface area contributed by atoms with Crippen LogP contribution in [0.15, 0.2) is 0 Å². The van der Waals surface area contributed by atoms with E-state index < -0.39 is 0 Å². The number of rotatable bonds is 2. The van der Waals surface area contributed by atoms with Crippen LogP contribution in [0.5, 0.6) is 0 Å². The van der Waals surface area contributed by atoms with Crippen molar-refractivity contribution in [3.63, 3.8) is 0 Å². The third kappa shape index (κ3) is 3.42. The summed E-state index contributed by atoms with van der Waals surface area (Å²) in [6, 6.07) is 0. The molecule has 0 saturated heterocycles. The molecule has 0 aromatic rings. The molecule has 0 aliphatic rings. The SMILES string of the molecule is CS[C@H](C)[C@@H](C)Br. The first kappa shape index (κ1) is 7.83. The Morgan fingerprint density at radius 1 is 1.43 bits per heavy atom. The highest BCUT2D eigenvalue weighted by Crippen LogP contribution is 2.15. The average Bonchev–Trinajstić information content (AvgIpc) is 1.65. The van der Waals surface area contributed by atoms with Crippen LogP contribution in [0.3, 0.4) is 0 Å². The predicted molar refractivity (Wildman–Crippen MR) is 41.4 cm³/mol. The number of thioether (sulfide) groups is 1. The van der Waals surface area contributed by atoms with Gasteiger partial charge in [-0.3, -0.25) is 0 Å². The molecule has 0 radical (unpaired) electrons. The van der Waals surface area contributed by atoms with Crippen molar-refractivity contribution in [3.8, 4) is 0 Å². The van der Waals surface area contributed by atoms with Crippen molar-refractivity contribution in [2.75, 3.05) is 6.26 Å². The summed E-state index contributed by atoms with van der Waals surface area (Å²) in [5, 5.41) is 0.736. The van der Waals surface area contributed by atoms with Gasteiger partial charge in [0.2, 0.25) is 0 Å². The molecule has 0 aromatic heterocycles. The van der Waals surface area contributed by atoms with Crippen molar-refractivity contribution in [2.24, 2.45) is 0 Å². The predicted octanol–water partition coefficient (Wildman–Crippen LogP) is 2.52. The maximum atomic E-state index is 3.48. The van der Waals surface area contributed by atoms with E-state index >= 15 is 0 Å². The first-order valence-electron chi connectivity index (χ1n) is 2.35. The molecule has 2 heteroatoms. The van der Waals surface area contributed by atoms with Crippen LogP contribution < -0.4 is 0 Å². The van der Waals surface area contributed by atoms with E-state index in [1.54, 1.807) is 0 Å². The molecular weight excluding hydrogens is 172 g/mol. The van der Waals surface area contributed by atoms with Gasteiger partial charge >= 0.3 is 0 Å². The largest absolute Gasteiger partial charge is 0.161 e. The van der Waals surface area contributed by atoms with Gasteiger partial charge in [-0.1, -0.05) is 29.8 Å². The van der Waals surface area contributed by atoms with Crippen LogP contribution >= 0.6 is 27.7 Å². The van der Waals surface area contributed by atoms with Crippen LogP contribution in [-0.4, -0.2) is 16.3 Å². The van der Waals surface area contributed by atoms with E-state index in [1.165, 1.54) is 0 Å². The van der Waals surface area contributed by atoms with Crippen molar-refractivity contribution in [3.05, 3.63) is 0 Å². The second kappa shape index (κ2) is 3.79. The van der Waals surface area contributed by atoms with Gasteiger partial charge in [-0.2, -0.15) is 11.8 Å². The fourth-order valence-corrected chi connectivity index (χ4v) is 1.21. The Labute approximate surface area is 58.2 Å². The Morgan fingerprint density at radius 2 is 1.86 bits per heavy atom. The Balaban J connectivity index is 3.14. The summed E-state index contributed by atoms with van der Waals surface area (Å²) in [4.78, 5) is 0.641. The van der Waals surface area contributed by atoms with Crippen LogP contribution in [-0.2, 0) is 0 Å². The highest BCUT2D eigenvalue weighted by atomic mass is 79.9. The van der Waals surface area contributed by atoms with E-state index in [2.05, 4.69) is 36.0 Å². The fraction of sp³-hybridized carbons (Fsp3) is 1.00. The Bertz CT molecular complexity index is 45.3. The third-order valence-electron chi connectivity index (χ3n) is 1.02. The zero-order chi connectivity index (χ0) is 5.86. The van der Waals surface area contributed by atoms with Gasteiger partial charge in [0.25, 0.3) is 0 Å². The summed E-state index contributed by atoms with van der Waals surface area (Å²) < 4.78 is 0.